The lowest BCUT2D eigenvalue weighted by Crippen LogP contribution is -2.41. The van der Waals surface area contributed by atoms with Crippen molar-refractivity contribution in [3.63, 3.8) is 0 Å². The molecule has 0 bridgehead atoms. The zero-order valence-electron chi connectivity index (χ0n) is 17.1. The van der Waals surface area contributed by atoms with Gasteiger partial charge in [0, 0.05) is 42.8 Å². The second-order valence-electron chi connectivity index (χ2n) is 7.57. The molecule has 0 saturated heterocycles. The van der Waals surface area contributed by atoms with Gasteiger partial charge in [0.25, 0.3) is 0 Å². The number of carbonyl (C=O) groups excluding carboxylic acids is 1. The maximum atomic E-state index is 13.8. The minimum absolute atomic E-state index is 0.0961. The molecule has 1 aliphatic rings. The number of carbonyl (C=O) groups is 1. The third kappa shape index (κ3) is 5.64. The highest BCUT2D eigenvalue weighted by molar-refractivity contribution is 5.98. The van der Waals surface area contributed by atoms with Crippen molar-refractivity contribution in [2.75, 3.05) is 13.1 Å². The molecule has 0 aliphatic carbocycles. The number of rotatable bonds is 6. The summed E-state index contributed by atoms with van der Waals surface area (Å²) in [6.45, 7) is 0.436. The van der Waals surface area contributed by atoms with E-state index in [2.05, 4.69) is 4.99 Å². The first kappa shape index (κ1) is 23.3. The lowest BCUT2D eigenvalue weighted by Gasteiger charge is -2.29. The van der Waals surface area contributed by atoms with Gasteiger partial charge in [-0.15, -0.1) is 0 Å². The van der Waals surface area contributed by atoms with Crippen LogP contribution in [0.4, 0.5) is 17.6 Å². The first-order valence-electron chi connectivity index (χ1n) is 9.88. The fraction of sp³-hybridized carbons (Fsp3) is 0.273. The van der Waals surface area contributed by atoms with E-state index in [1.165, 1.54) is 29.2 Å². The van der Waals surface area contributed by atoms with Crippen molar-refractivity contribution in [2.45, 2.75) is 25.3 Å². The van der Waals surface area contributed by atoms with Gasteiger partial charge in [0.2, 0.25) is 5.91 Å². The van der Waals surface area contributed by atoms with Crippen LogP contribution in [0, 0.1) is 23.3 Å². The van der Waals surface area contributed by atoms with Gasteiger partial charge in [-0.25, -0.2) is 22.6 Å². The Morgan fingerprint density at radius 1 is 1.06 bits per heavy atom. The number of nitrogens with zero attached hydrogens (tertiary/aromatic N) is 2. The number of nitrogens with two attached hydrogens (primary N) is 3. The number of halogens is 4. The monoisotopic (exact) mass is 449 g/mol. The van der Waals surface area contributed by atoms with Gasteiger partial charge in [-0.05, 0) is 42.3 Å². The molecule has 6 N–H and O–H groups in total. The third-order valence-corrected chi connectivity index (χ3v) is 5.12. The zero-order chi connectivity index (χ0) is 23.4. The Balaban J connectivity index is 1.65. The Kier molecular flexibility index (Phi) is 7.14. The van der Waals surface area contributed by atoms with Crippen LogP contribution in [-0.4, -0.2) is 35.8 Å². The van der Waals surface area contributed by atoms with Crippen molar-refractivity contribution in [3.05, 3.63) is 82.2 Å². The molecule has 10 heteroatoms. The summed E-state index contributed by atoms with van der Waals surface area (Å²) in [6, 6.07) is 5.85. The molecule has 1 amide bonds. The highest BCUT2D eigenvalue weighted by atomic mass is 19.2. The second-order valence-corrected chi connectivity index (χ2v) is 7.57. The van der Waals surface area contributed by atoms with E-state index in [1.54, 1.807) is 0 Å². The summed E-state index contributed by atoms with van der Waals surface area (Å²) < 4.78 is 53.4. The highest BCUT2D eigenvalue weighted by Crippen LogP contribution is 2.19. The standard InChI is InChI=1S/C22H23F4N5O/c23-14-3-1-12(2-4-14)22(29)30-20-11-31(6-5-19(20)28)21(32)9-15(27)7-13-8-17(25)18(26)10-16(13)24/h1-4,8,10,15H,5-7,9,11,27-28H2,(H2,29,30)/t15-/m1/s1. The predicted octanol–water partition coefficient (Wildman–Crippen LogP) is 2.31. The topological polar surface area (TPSA) is 111 Å². The molecule has 2 aromatic carbocycles. The van der Waals surface area contributed by atoms with Gasteiger partial charge in [-0.2, -0.15) is 0 Å². The smallest absolute Gasteiger partial charge is 0.224 e. The van der Waals surface area contributed by atoms with E-state index >= 15 is 0 Å². The molecule has 0 unspecified atom stereocenters. The maximum absolute atomic E-state index is 13.8. The maximum Gasteiger partial charge on any atom is 0.224 e. The number of amidine groups is 1. The van der Waals surface area contributed by atoms with Gasteiger partial charge in [-0.1, -0.05) is 0 Å². The molecule has 0 saturated carbocycles. The van der Waals surface area contributed by atoms with Crippen LogP contribution in [0.2, 0.25) is 0 Å². The van der Waals surface area contributed by atoms with E-state index in [9.17, 15) is 22.4 Å². The summed E-state index contributed by atoms with van der Waals surface area (Å²) in [4.78, 5) is 18.5. The fourth-order valence-electron chi connectivity index (χ4n) is 3.34. The predicted molar refractivity (Wildman–Crippen MR) is 112 cm³/mol. The normalized spacial score (nSPS) is 15.8. The molecule has 1 atom stereocenters. The lowest BCUT2D eigenvalue weighted by atomic mass is 10.0. The van der Waals surface area contributed by atoms with E-state index in [-0.39, 0.29) is 36.7 Å². The molecule has 1 heterocycles. The van der Waals surface area contributed by atoms with Crippen molar-refractivity contribution in [3.8, 4) is 0 Å². The number of aliphatic imine (C=N–C) groups is 1. The average Bonchev–Trinajstić information content (AvgIpc) is 2.73. The van der Waals surface area contributed by atoms with Gasteiger partial charge in [-0.3, -0.25) is 4.79 Å². The molecular formula is C22H23F4N5O. The summed E-state index contributed by atoms with van der Waals surface area (Å²) in [5.41, 5.74) is 19.3. The highest BCUT2D eigenvalue weighted by Gasteiger charge is 2.24. The van der Waals surface area contributed by atoms with Crippen LogP contribution in [-0.2, 0) is 11.2 Å². The first-order valence-corrected chi connectivity index (χ1v) is 9.88. The summed E-state index contributed by atoms with van der Waals surface area (Å²) in [7, 11) is 0. The molecule has 0 radical (unpaired) electrons. The zero-order valence-corrected chi connectivity index (χ0v) is 17.1. The molecule has 0 aromatic heterocycles. The van der Waals surface area contributed by atoms with E-state index < -0.39 is 29.3 Å². The van der Waals surface area contributed by atoms with E-state index in [4.69, 9.17) is 17.2 Å². The fourth-order valence-corrected chi connectivity index (χ4v) is 3.34. The third-order valence-electron chi connectivity index (χ3n) is 5.12. The lowest BCUT2D eigenvalue weighted by molar-refractivity contribution is -0.131. The van der Waals surface area contributed by atoms with Crippen molar-refractivity contribution in [2.24, 2.45) is 22.2 Å². The largest absolute Gasteiger partial charge is 0.400 e. The number of benzene rings is 2. The molecule has 2 aromatic rings. The van der Waals surface area contributed by atoms with Crippen molar-refractivity contribution < 1.29 is 22.4 Å². The minimum Gasteiger partial charge on any atom is -0.400 e. The molecule has 0 spiro atoms. The Labute approximate surface area is 182 Å². The first-order chi connectivity index (χ1) is 15.1. The second kappa shape index (κ2) is 9.82. The Morgan fingerprint density at radius 2 is 1.72 bits per heavy atom. The van der Waals surface area contributed by atoms with Crippen molar-refractivity contribution in [1.82, 2.24) is 4.90 Å². The van der Waals surface area contributed by atoms with Crippen molar-refractivity contribution in [1.29, 1.82) is 0 Å². The van der Waals surface area contributed by atoms with Gasteiger partial charge >= 0.3 is 0 Å². The van der Waals surface area contributed by atoms with Gasteiger partial charge in [0.1, 0.15) is 17.5 Å². The molecule has 1 aliphatic heterocycles. The summed E-state index contributed by atoms with van der Waals surface area (Å²) in [5, 5.41) is 0. The number of hydrogen-bond donors (Lipinski definition) is 3. The van der Waals surface area contributed by atoms with Gasteiger partial charge in [0.15, 0.2) is 11.6 Å². The molecule has 3 rings (SSSR count). The molecule has 32 heavy (non-hydrogen) atoms. The van der Waals surface area contributed by atoms with Crippen LogP contribution >= 0.6 is 0 Å². The SMILES string of the molecule is NC(=NC1=C(N)CCN(C(=O)C[C@H](N)Cc2cc(F)c(F)cc2F)C1)c1ccc(F)cc1. The Morgan fingerprint density at radius 3 is 2.41 bits per heavy atom. The van der Waals surface area contributed by atoms with E-state index in [0.29, 0.717) is 36.0 Å². The van der Waals surface area contributed by atoms with Gasteiger partial charge < -0.3 is 22.1 Å². The minimum atomic E-state index is -1.29. The molecular weight excluding hydrogens is 426 g/mol. The van der Waals surface area contributed by atoms with Crippen molar-refractivity contribution >= 4 is 11.7 Å². The summed E-state index contributed by atoms with van der Waals surface area (Å²) >= 11 is 0. The molecule has 0 fully saturated rings. The molecule has 170 valence electrons. The van der Waals surface area contributed by atoms with Crippen LogP contribution in [0.5, 0.6) is 0 Å². The van der Waals surface area contributed by atoms with E-state index in [1.807, 2.05) is 0 Å². The quantitative estimate of drug-likeness (QED) is 0.272. The molecule has 6 nitrogen and oxygen atoms in total. The summed E-state index contributed by atoms with van der Waals surface area (Å²) in [6.07, 6.45) is 0.0974. The van der Waals surface area contributed by atoms with Crippen LogP contribution in [0.25, 0.3) is 0 Å². The van der Waals surface area contributed by atoms with Crippen LogP contribution in [0.3, 0.4) is 0 Å². The van der Waals surface area contributed by atoms with Crippen LogP contribution < -0.4 is 17.2 Å². The number of amides is 1. The van der Waals surface area contributed by atoms with Crippen LogP contribution in [0.15, 0.2) is 52.8 Å². The Hall–Kier alpha value is -3.40. The number of hydrogen-bond acceptors (Lipinski definition) is 4. The summed E-state index contributed by atoms with van der Waals surface area (Å²) in [5.74, 6) is -3.99. The van der Waals surface area contributed by atoms with Crippen LogP contribution in [0.1, 0.15) is 24.0 Å². The van der Waals surface area contributed by atoms with Gasteiger partial charge in [0.05, 0.1) is 12.2 Å². The Bertz CT molecular complexity index is 1070. The van der Waals surface area contributed by atoms with E-state index in [0.717, 1.165) is 6.07 Å². The average molecular weight is 449 g/mol.